The van der Waals surface area contributed by atoms with Crippen molar-refractivity contribution in [3.63, 3.8) is 0 Å². The van der Waals surface area contributed by atoms with Crippen LogP contribution in [0.2, 0.25) is 0 Å². The molecule has 0 aromatic heterocycles. The van der Waals surface area contributed by atoms with Gasteiger partial charge in [-0.25, -0.2) is 0 Å². The van der Waals surface area contributed by atoms with Gasteiger partial charge in [0.1, 0.15) is 11.8 Å². The van der Waals surface area contributed by atoms with Crippen LogP contribution in [0.5, 0.6) is 5.75 Å². The van der Waals surface area contributed by atoms with Crippen molar-refractivity contribution in [1.82, 2.24) is 10.2 Å². The van der Waals surface area contributed by atoms with Gasteiger partial charge in [-0.15, -0.1) is 0 Å². The molecule has 1 aromatic carbocycles. The van der Waals surface area contributed by atoms with Crippen LogP contribution in [0.4, 0.5) is 5.69 Å². The maximum absolute atomic E-state index is 13.9. The van der Waals surface area contributed by atoms with Crippen LogP contribution >= 0.6 is 0 Å². The Hall–Kier alpha value is -2.24. The molecule has 2 saturated heterocycles. The Morgan fingerprint density at radius 1 is 0.912 bits per heavy atom. The molecule has 7 rings (SSSR count). The minimum absolute atomic E-state index is 0.0819. The van der Waals surface area contributed by atoms with Crippen LogP contribution in [-0.4, -0.2) is 55.5 Å². The summed E-state index contributed by atoms with van der Waals surface area (Å²) in [6.45, 7) is 2.62. The molecule has 1 aromatic rings. The summed E-state index contributed by atoms with van der Waals surface area (Å²) in [7, 11) is 1.69. The van der Waals surface area contributed by atoms with Crippen LogP contribution in [0.25, 0.3) is 0 Å². The first-order valence-electron chi connectivity index (χ1n) is 13.5. The van der Waals surface area contributed by atoms with Gasteiger partial charge in [-0.1, -0.05) is 0 Å². The van der Waals surface area contributed by atoms with Gasteiger partial charge in [0, 0.05) is 31.4 Å². The fourth-order valence-electron chi connectivity index (χ4n) is 8.33. The minimum Gasteiger partial charge on any atom is -0.497 e. The van der Waals surface area contributed by atoms with Gasteiger partial charge in [0.25, 0.3) is 0 Å². The lowest BCUT2D eigenvalue weighted by atomic mass is 9.49. The van der Waals surface area contributed by atoms with Gasteiger partial charge in [0.2, 0.25) is 11.8 Å². The minimum atomic E-state index is -0.264. The number of rotatable bonds is 5. The number of carbonyl (C=O) groups excluding carboxylic acids is 2. The number of benzene rings is 1. The molecule has 1 unspecified atom stereocenters. The van der Waals surface area contributed by atoms with Crippen LogP contribution in [0.1, 0.15) is 64.2 Å². The molecule has 4 aliphatic carbocycles. The number of methoxy groups -OCH3 is 1. The number of piperidine rings is 1. The van der Waals surface area contributed by atoms with Crippen LogP contribution < -0.4 is 15.0 Å². The molecule has 6 nitrogen and oxygen atoms in total. The fraction of sp³-hybridized carbons (Fsp3) is 0.714. The van der Waals surface area contributed by atoms with Crippen molar-refractivity contribution in [2.75, 3.05) is 31.6 Å². The Morgan fingerprint density at radius 3 is 2.12 bits per heavy atom. The van der Waals surface area contributed by atoms with E-state index in [4.69, 9.17) is 4.74 Å². The molecule has 184 valence electrons. The number of nitrogens with zero attached hydrogens (tertiary/aromatic N) is 2. The van der Waals surface area contributed by atoms with Crippen molar-refractivity contribution in [2.24, 2.45) is 23.2 Å². The van der Waals surface area contributed by atoms with E-state index in [-0.39, 0.29) is 23.4 Å². The van der Waals surface area contributed by atoms with E-state index in [2.05, 4.69) is 22.3 Å². The lowest BCUT2D eigenvalue weighted by Crippen LogP contribution is -2.58. The van der Waals surface area contributed by atoms with E-state index in [0.717, 1.165) is 88.1 Å². The first-order chi connectivity index (χ1) is 16.5. The average Bonchev–Trinajstić information content (AvgIpc) is 3.33. The molecule has 6 aliphatic rings. The molecule has 1 N–H and O–H groups in total. The Kier molecular flexibility index (Phi) is 5.73. The van der Waals surface area contributed by atoms with Gasteiger partial charge in [-0.05, 0) is 106 Å². The third-order valence-electron chi connectivity index (χ3n) is 9.59. The molecule has 1 atom stereocenters. The third-order valence-corrected chi connectivity index (χ3v) is 9.59. The highest BCUT2D eigenvalue weighted by Crippen LogP contribution is 2.60. The first kappa shape index (κ1) is 22.2. The summed E-state index contributed by atoms with van der Waals surface area (Å²) in [5, 5.41) is 3.33. The fourth-order valence-corrected chi connectivity index (χ4v) is 8.33. The molecule has 2 amide bonds. The SMILES string of the molecule is COc1ccc(N2CCC(NC(=O)C3CCCN3C(=O)C34CC5CC(CC(C5)C3)C4)CC2)cc1. The summed E-state index contributed by atoms with van der Waals surface area (Å²) in [6.07, 6.45) is 10.9. The van der Waals surface area contributed by atoms with Gasteiger partial charge in [-0.3, -0.25) is 9.59 Å². The first-order valence-corrected chi connectivity index (χ1v) is 13.5. The second-order valence-corrected chi connectivity index (χ2v) is 11.8. The maximum atomic E-state index is 13.9. The number of amides is 2. The van der Waals surface area contributed by atoms with Crippen molar-refractivity contribution in [2.45, 2.75) is 76.3 Å². The van der Waals surface area contributed by atoms with Gasteiger partial charge in [0.15, 0.2) is 0 Å². The third kappa shape index (κ3) is 3.97. The van der Waals surface area contributed by atoms with Crippen LogP contribution in [-0.2, 0) is 9.59 Å². The normalized spacial score (nSPS) is 35.0. The lowest BCUT2D eigenvalue weighted by molar-refractivity contribution is -0.160. The van der Waals surface area contributed by atoms with Gasteiger partial charge >= 0.3 is 0 Å². The highest BCUT2D eigenvalue weighted by molar-refractivity contribution is 5.91. The monoisotopic (exact) mass is 465 g/mol. The van der Waals surface area contributed by atoms with Crippen molar-refractivity contribution in [3.05, 3.63) is 24.3 Å². The van der Waals surface area contributed by atoms with Gasteiger partial charge in [0.05, 0.1) is 12.5 Å². The zero-order chi connectivity index (χ0) is 23.3. The standard InChI is InChI=1S/C28H39N3O3/c1-34-24-6-4-23(5-7-24)30-11-8-22(9-12-30)29-26(32)25-3-2-10-31(25)27(33)28-16-19-13-20(17-28)15-21(14-19)18-28/h4-7,19-22,25H,2-3,8-18H2,1H3,(H,29,32). The molecule has 4 bridgehead atoms. The highest BCUT2D eigenvalue weighted by Gasteiger charge is 2.56. The van der Waals surface area contributed by atoms with Crippen molar-refractivity contribution in [3.8, 4) is 5.75 Å². The van der Waals surface area contributed by atoms with E-state index in [1.807, 2.05) is 17.0 Å². The molecule has 0 spiro atoms. The summed E-state index contributed by atoms with van der Waals surface area (Å²) in [6, 6.07) is 8.13. The molecule has 2 aliphatic heterocycles. The maximum Gasteiger partial charge on any atom is 0.243 e. The molecule has 2 heterocycles. The van der Waals surface area contributed by atoms with Crippen LogP contribution in [0.3, 0.4) is 0 Å². The van der Waals surface area contributed by atoms with Crippen LogP contribution in [0.15, 0.2) is 24.3 Å². The number of anilines is 1. The van der Waals surface area contributed by atoms with Crippen LogP contribution in [0, 0.1) is 23.2 Å². The number of hydrogen-bond acceptors (Lipinski definition) is 4. The Bertz CT molecular complexity index is 886. The van der Waals surface area contributed by atoms with E-state index in [1.54, 1.807) is 7.11 Å². The van der Waals surface area contributed by atoms with E-state index >= 15 is 0 Å². The van der Waals surface area contributed by atoms with Crippen molar-refractivity contribution in [1.29, 1.82) is 0 Å². The second kappa shape index (κ2) is 8.76. The zero-order valence-electron chi connectivity index (χ0n) is 20.5. The highest BCUT2D eigenvalue weighted by atomic mass is 16.5. The molecule has 6 heteroatoms. The van der Waals surface area contributed by atoms with E-state index in [9.17, 15) is 9.59 Å². The number of hydrogen-bond donors (Lipinski definition) is 1. The molecule has 34 heavy (non-hydrogen) atoms. The molecule has 0 radical (unpaired) electrons. The Morgan fingerprint density at radius 2 is 1.53 bits per heavy atom. The summed E-state index contributed by atoms with van der Waals surface area (Å²) in [4.78, 5) is 31.6. The lowest BCUT2D eigenvalue weighted by Gasteiger charge is -2.56. The summed E-state index contributed by atoms with van der Waals surface area (Å²) < 4.78 is 5.27. The molecular weight excluding hydrogens is 426 g/mol. The summed E-state index contributed by atoms with van der Waals surface area (Å²) in [5.74, 6) is 3.52. The van der Waals surface area contributed by atoms with Crippen molar-refractivity contribution < 1.29 is 14.3 Å². The summed E-state index contributed by atoms with van der Waals surface area (Å²) >= 11 is 0. The largest absolute Gasteiger partial charge is 0.497 e. The van der Waals surface area contributed by atoms with E-state index in [1.165, 1.54) is 24.9 Å². The molecule has 4 saturated carbocycles. The quantitative estimate of drug-likeness (QED) is 0.714. The van der Waals surface area contributed by atoms with E-state index in [0.29, 0.717) is 5.91 Å². The summed E-state index contributed by atoms with van der Waals surface area (Å²) in [5.41, 5.74) is 1.05. The number of ether oxygens (including phenoxy) is 1. The van der Waals surface area contributed by atoms with Gasteiger partial charge < -0.3 is 19.9 Å². The second-order valence-electron chi connectivity index (χ2n) is 11.8. The number of carbonyl (C=O) groups is 2. The smallest absolute Gasteiger partial charge is 0.243 e. The predicted molar refractivity (Wildman–Crippen MR) is 132 cm³/mol. The number of nitrogens with one attached hydrogen (secondary N) is 1. The zero-order valence-corrected chi connectivity index (χ0v) is 20.5. The molecular formula is C28H39N3O3. The van der Waals surface area contributed by atoms with Gasteiger partial charge in [-0.2, -0.15) is 0 Å². The number of likely N-dealkylation sites (tertiary alicyclic amines) is 1. The molecule has 6 fully saturated rings. The predicted octanol–water partition coefficient (Wildman–Crippen LogP) is 3.99. The average molecular weight is 466 g/mol. The Labute approximate surface area is 203 Å². The van der Waals surface area contributed by atoms with E-state index < -0.39 is 0 Å². The Balaban J connectivity index is 1.06. The van der Waals surface area contributed by atoms with Crippen molar-refractivity contribution >= 4 is 17.5 Å². The topological polar surface area (TPSA) is 61.9 Å².